The Hall–Kier alpha value is -4.13. The number of rotatable bonds is 6. The molecule has 0 aliphatic rings. The van der Waals surface area contributed by atoms with Gasteiger partial charge in [-0.1, -0.05) is 18.2 Å². The number of nitrogens with zero attached hydrogens (tertiary/aromatic N) is 2. The molecule has 0 atom stereocenters. The summed E-state index contributed by atoms with van der Waals surface area (Å²) < 4.78 is 0. The van der Waals surface area contributed by atoms with Gasteiger partial charge < -0.3 is 20.6 Å². The number of para-hydroxylation sites is 1. The van der Waals surface area contributed by atoms with Crippen LogP contribution in [0, 0.1) is 13.8 Å². The lowest BCUT2D eigenvalue weighted by Gasteiger charge is -2.11. The summed E-state index contributed by atoms with van der Waals surface area (Å²) in [5.74, 6) is 1.25. The van der Waals surface area contributed by atoms with Crippen LogP contribution in [0.5, 0.6) is 0 Å². The number of aryl methyl sites for hydroxylation is 2. The first-order valence-electron chi connectivity index (χ1n) is 10.6. The van der Waals surface area contributed by atoms with E-state index in [9.17, 15) is 4.79 Å². The molecule has 7 nitrogen and oxygen atoms in total. The maximum Gasteiger partial charge on any atom is 0.224 e. The van der Waals surface area contributed by atoms with Crippen molar-refractivity contribution in [1.29, 1.82) is 0 Å². The standard InChI is InChI=1S/C25H24N6O/c1-15-11-23(32)20-13-18(7-8-22(20)28-15)30-24-12-16(2)29-25(31-24)26-10-9-17-14-27-21-6-4-3-5-19(17)21/h3-8,11-14,27H,9-10H2,1-2H3,(H,28,32)(H2,26,29,30,31). The van der Waals surface area contributed by atoms with Gasteiger partial charge in [-0.15, -0.1) is 0 Å². The topological polar surface area (TPSA) is 98.5 Å². The smallest absolute Gasteiger partial charge is 0.224 e. The van der Waals surface area contributed by atoms with Crippen molar-refractivity contribution in [2.45, 2.75) is 20.3 Å². The first-order valence-corrected chi connectivity index (χ1v) is 10.6. The number of hydrogen-bond donors (Lipinski definition) is 4. The molecule has 160 valence electrons. The van der Waals surface area contributed by atoms with Gasteiger partial charge in [0, 0.05) is 63.8 Å². The summed E-state index contributed by atoms with van der Waals surface area (Å²) in [6, 6.07) is 17.5. The Morgan fingerprint density at radius 3 is 2.72 bits per heavy atom. The van der Waals surface area contributed by atoms with Crippen molar-refractivity contribution < 1.29 is 0 Å². The Morgan fingerprint density at radius 2 is 1.81 bits per heavy atom. The highest BCUT2D eigenvalue weighted by molar-refractivity contribution is 5.84. The molecule has 4 N–H and O–H groups in total. The predicted molar refractivity (Wildman–Crippen MR) is 130 cm³/mol. The van der Waals surface area contributed by atoms with Gasteiger partial charge in [-0.25, -0.2) is 4.98 Å². The Kier molecular flexibility index (Phi) is 5.07. The van der Waals surface area contributed by atoms with Crippen LogP contribution in [0.3, 0.4) is 0 Å². The molecule has 7 heteroatoms. The second-order valence-electron chi connectivity index (χ2n) is 7.96. The number of aromatic amines is 2. The van der Waals surface area contributed by atoms with E-state index in [2.05, 4.69) is 55.0 Å². The number of aromatic nitrogens is 4. The van der Waals surface area contributed by atoms with Crippen LogP contribution in [-0.2, 0) is 6.42 Å². The van der Waals surface area contributed by atoms with Gasteiger partial charge in [0.25, 0.3) is 0 Å². The Bertz CT molecular complexity index is 1480. The number of anilines is 3. The number of nitrogens with one attached hydrogen (secondary N) is 4. The molecule has 0 aliphatic heterocycles. The van der Waals surface area contributed by atoms with Crippen LogP contribution < -0.4 is 16.1 Å². The second-order valence-corrected chi connectivity index (χ2v) is 7.96. The Balaban J connectivity index is 1.31. The third-order valence-corrected chi connectivity index (χ3v) is 5.44. The summed E-state index contributed by atoms with van der Waals surface area (Å²) in [6.45, 7) is 4.53. The van der Waals surface area contributed by atoms with Crippen LogP contribution in [0.1, 0.15) is 17.0 Å². The molecule has 5 rings (SSSR count). The number of hydrogen-bond acceptors (Lipinski definition) is 5. The minimum Gasteiger partial charge on any atom is -0.361 e. The zero-order chi connectivity index (χ0) is 22.1. The second kappa shape index (κ2) is 8.19. The number of H-pyrrole nitrogens is 2. The fraction of sp³-hybridized carbons (Fsp3) is 0.160. The van der Waals surface area contributed by atoms with Gasteiger partial charge in [0.05, 0.1) is 0 Å². The molecule has 2 aromatic carbocycles. The lowest BCUT2D eigenvalue weighted by Crippen LogP contribution is -2.09. The van der Waals surface area contributed by atoms with Crippen molar-refractivity contribution in [3.05, 3.63) is 88.0 Å². The maximum atomic E-state index is 12.3. The Labute approximate surface area is 184 Å². The van der Waals surface area contributed by atoms with Gasteiger partial charge in [-0.2, -0.15) is 4.98 Å². The maximum absolute atomic E-state index is 12.3. The molecule has 5 aromatic rings. The van der Waals surface area contributed by atoms with E-state index < -0.39 is 0 Å². The van der Waals surface area contributed by atoms with Crippen molar-refractivity contribution >= 4 is 39.3 Å². The minimum absolute atomic E-state index is 0.00148. The van der Waals surface area contributed by atoms with Gasteiger partial charge in [0.1, 0.15) is 5.82 Å². The molecule has 32 heavy (non-hydrogen) atoms. The van der Waals surface area contributed by atoms with Gasteiger partial charge in [-0.05, 0) is 50.1 Å². The van der Waals surface area contributed by atoms with E-state index in [0.29, 0.717) is 17.2 Å². The molecule has 0 spiro atoms. The summed E-state index contributed by atoms with van der Waals surface area (Å²) in [7, 11) is 0. The Morgan fingerprint density at radius 1 is 0.938 bits per heavy atom. The molecule has 0 unspecified atom stereocenters. The summed E-state index contributed by atoms with van der Waals surface area (Å²) in [6.07, 6.45) is 2.91. The lowest BCUT2D eigenvalue weighted by molar-refractivity contribution is 0.981. The van der Waals surface area contributed by atoms with Crippen LogP contribution >= 0.6 is 0 Å². The minimum atomic E-state index is -0.00148. The third-order valence-electron chi connectivity index (χ3n) is 5.44. The van der Waals surface area contributed by atoms with Crippen LogP contribution in [0.2, 0.25) is 0 Å². The van der Waals surface area contributed by atoms with Gasteiger partial charge in [0.2, 0.25) is 5.95 Å². The van der Waals surface area contributed by atoms with E-state index in [1.165, 1.54) is 10.9 Å². The summed E-state index contributed by atoms with van der Waals surface area (Å²) >= 11 is 0. The summed E-state index contributed by atoms with van der Waals surface area (Å²) in [5, 5.41) is 8.51. The number of benzene rings is 2. The van der Waals surface area contributed by atoms with E-state index in [1.807, 2.05) is 44.2 Å². The van der Waals surface area contributed by atoms with E-state index in [-0.39, 0.29) is 5.43 Å². The van der Waals surface area contributed by atoms with E-state index >= 15 is 0 Å². The molecule has 0 fully saturated rings. The molecule has 0 saturated heterocycles. The zero-order valence-corrected chi connectivity index (χ0v) is 18.0. The van der Waals surface area contributed by atoms with Crippen LogP contribution in [0.25, 0.3) is 21.8 Å². The largest absolute Gasteiger partial charge is 0.361 e. The zero-order valence-electron chi connectivity index (χ0n) is 18.0. The van der Waals surface area contributed by atoms with Gasteiger partial charge in [-0.3, -0.25) is 4.79 Å². The van der Waals surface area contributed by atoms with Crippen molar-refractivity contribution in [2.75, 3.05) is 17.2 Å². The fourth-order valence-corrected chi connectivity index (χ4v) is 3.96. The predicted octanol–water partition coefficient (Wildman–Crippen LogP) is 4.81. The molecule has 3 heterocycles. The average molecular weight is 425 g/mol. The monoisotopic (exact) mass is 424 g/mol. The fourth-order valence-electron chi connectivity index (χ4n) is 3.96. The lowest BCUT2D eigenvalue weighted by atomic mass is 10.1. The van der Waals surface area contributed by atoms with Crippen molar-refractivity contribution in [3.63, 3.8) is 0 Å². The number of pyridine rings is 1. The van der Waals surface area contributed by atoms with Crippen LogP contribution in [-0.4, -0.2) is 26.5 Å². The van der Waals surface area contributed by atoms with Crippen molar-refractivity contribution in [1.82, 2.24) is 19.9 Å². The summed E-state index contributed by atoms with van der Waals surface area (Å²) in [5.41, 5.74) is 5.72. The van der Waals surface area contributed by atoms with E-state index in [1.54, 1.807) is 6.07 Å². The first-order chi connectivity index (χ1) is 15.5. The third kappa shape index (κ3) is 4.05. The van der Waals surface area contributed by atoms with E-state index in [4.69, 9.17) is 0 Å². The van der Waals surface area contributed by atoms with Gasteiger partial charge in [0.15, 0.2) is 5.43 Å². The molecule has 0 bridgehead atoms. The molecule has 0 aliphatic carbocycles. The summed E-state index contributed by atoms with van der Waals surface area (Å²) in [4.78, 5) is 28.0. The SMILES string of the molecule is Cc1cc(Nc2ccc3[nH]c(C)cc(=O)c3c2)nc(NCCc2c[nH]c3ccccc23)n1. The van der Waals surface area contributed by atoms with Crippen LogP contribution in [0.4, 0.5) is 17.5 Å². The highest BCUT2D eigenvalue weighted by Crippen LogP contribution is 2.21. The van der Waals surface area contributed by atoms with Crippen molar-refractivity contribution in [2.24, 2.45) is 0 Å². The quantitative estimate of drug-likeness (QED) is 0.313. The molecule has 3 aromatic heterocycles. The highest BCUT2D eigenvalue weighted by Gasteiger charge is 2.07. The molecule has 0 amide bonds. The molecule has 0 radical (unpaired) electrons. The molecular formula is C25H24N6O. The normalized spacial score (nSPS) is 11.2. The molecule has 0 saturated carbocycles. The number of fused-ring (bicyclic) bond motifs is 2. The van der Waals surface area contributed by atoms with Crippen LogP contribution in [0.15, 0.2) is 65.6 Å². The van der Waals surface area contributed by atoms with Gasteiger partial charge >= 0.3 is 0 Å². The highest BCUT2D eigenvalue weighted by atomic mass is 16.1. The first kappa shape index (κ1) is 19.8. The van der Waals surface area contributed by atoms with E-state index in [0.717, 1.165) is 41.1 Å². The average Bonchev–Trinajstić information content (AvgIpc) is 3.17. The van der Waals surface area contributed by atoms with Crippen molar-refractivity contribution in [3.8, 4) is 0 Å². The molecular weight excluding hydrogens is 400 g/mol.